The summed E-state index contributed by atoms with van der Waals surface area (Å²) in [5, 5.41) is 0. The zero-order chi connectivity index (χ0) is 15.4. The number of fused-ring (bicyclic) bond motifs is 4. The van der Waals surface area contributed by atoms with Crippen LogP contribution in [0.15, 0.2) is 22.3 Å². The third-order valence-electron chi connectivity index (χ3n) is 8.37. The summed E-state index contributed by atoms with van der Waals surface area (Å²) in [6.45, 7) is 4.30. The predicted octanol–water partition coefficient (Wildman–Crippen LogP) is 1.80. The molecule has 8 aliphatic rings. The first-order valence-corrected chi connectivity index (χ1v) is 8.91. The molecule has 3 saturated carbocycles. The topological polar surface area (TPSA) is 52.6 Å². The maximum Gasteiger partial charge on any atom is 0.313 e. The van der Waals surface area contributed by atoms with Gasteiger partial charge in [0.25, 0.3) is 0 Å². The highest BCUT2D eigenvalue weighted by molar-refractivity contribution is 6.06. The first kappa shape index (κ1) is 12.0. The largest absolute Gasteiger partial charge is 0.459 e. The molecule has 3 heterocycles. The van der Waals surface area contributed by atoms with Gasteiger partial charge in [0, 0.05) is 17.8 Å². The van der Waals surface area contributed by atoms with Gasteiger partial charge in [0.2, 0.25) is 0 Å². The molecule has 1 spiro atoms. The molecule has 4 nitrogen and oxygen atoms in total. The molecule has 118 valence electrons. The van der Waals surface area contributed by atoms with Crippen molar-refractivity contribution in [3.8, 4) is 0 Å². The van der Waals surface area contributed by atoms with E-state index in [1.54, 1.807) is 0 Å². The number of carbonyl (C=O) groups is 2. The van der Waals surface area contributed by atoms with Gasteiger partial charge >= 0.3 is 5.97 Å². The van der Waals surface area contributed by atoms with Gasteiger partial charge in [-0.2, -0.15) is 0 Å². The van der Waals surface area contributed by atoms with E-state index in [0.717, 1.165) is 12.8 Å². The number of allylic oxidation sites excluding steroid dienone is 2. The number of rotatable bonds is 0. The van der Waals surface area contributed by atoms with Crippen molar-refractivity contribution in [1.82, 2.24) is 0 Å². The van der Waals surface area contributed by atoms with Crippen LogP contribution >= 0.6 is 0 Å². The van der Waals surface area contributed by atoms with Gasteiger partial charge in [-0.1, -0.05) is 18.1 Å². The number of ether oxygens (including phenoxy) is 2. The molecule has 3 saturated heterocycles. The molecule has 4 heteroatoms. The van der Waals surface area contributed by atoms with Crippen molar-refractivity contribution >= 4 is 11.8 Å². The maximum atomic E-state index is 12.9. The highest BCUT2D eigenvalue weighted by Gasteiger charge is 2.79. The summed E-state index contributed by atoms with van der Waals surface area (Å²) in [4.78, 5) is 25.2. The van der Waals surface area contributed by atoms with Crippen molar-refractivity contribution in [2.24, 2.45) is 35.0 Å². The molecule has 6 fully saturated rings. The number of carbonyl (C=O) groups excluding carboxylic acids is 2. The van der Waals surface area contributed by atoms with Crippen LogP contribution in [0.25, 0.3) is 0 Å². The van der Waals surface area contributed by atoms with Crippen LogP contribution in [0, 0.1) is 35.0 Å². The highest BCUT2D eigenvalue weighted by Crippen LogP contribution is 2.74. The second-order valence-electron chi connectivity index (χ2n) is 8.67. The molecule has 1 unspecified atom stereocenters. The molecule has 3 aliphatic heterocycles. The van der Waals surface area contributed by atoms with Crippen molar-refractivity contribution in [3.63, 3.8) is 0 Å². The summed E-state index contributed by atoms with van der Waals surface area (Å²) in [5.74, 6) is 1.42. The lowest BCUT2D eigenvalue weighted by Gasteiger charge is -2.58. The van der Waals surface area contributed by atoms with Crippen molar-refractivity contribution in [1.29, 1.82) is 0 Å². The highest BCUT2D eigenvalue weighted by atomic mass is 16.6. The molecule has 0 amide bonds. The Bertz CT molecular complexity index is 819. The Labute approximate surface area is 133 Å². The van der Waals surface area contributed by atoms with Crippen molar-refractivity contribution in [2.75, 3.05) is 0 Å². The molecular weight excluding hydrogens is 292 g/mol. The number of Topliss-reactive ketones (excluding diaryl/α,β-unsaturated/α-hetero) is 1. The van der Waals surface area contributed by atoms with Crippen LogP contribution in [0.1, 0.15) is 26.7 Å². The average Bonchev–Trinajstić information content (AvgIpc) is 2.93. The molecule has 0 aromatic carbocycles. The minimum atomic E-state index is -0.398. The fraction of sp³-hybridized carbons (Fsp3) is 0.684. The normalized spacial score (nSPS) is 59.6. The lowest BCUT2D eigenvalue weighted by Crippen LogP contribution is -2.65. The second kappa shape index (κ2) is 3.08. The molecule has 0 aromatic heterocycles. The molecule has 23 heavy (non-hydrogen) atoms. The van der Waals surface area contributed by atoms with Gasteiger partial charge < -0.3 is 9.47 Å². The predicted molar refractivity (Wildman–Crippen MR) is 78.1 cm³/mol. The molecule has 5 aliphatic carbocycles. The van der Waals surface area contributed by atoms with E-state index in [0.29, 0.717) is 11.7 Å². The van der Waals surface area contributed by atoms with Gasteiger partial charge in [0.15, 0.2) is 0 Å². The molecule has 4 bridgehead atoms. The number of hydrogen-bond acceptors (Lipinski definition) is 4. The lowest BCUT2D eigenvalue weighted by atomic mass is 9.49. The van der Waals surface area contributed by atoms with Gasteiger partial charge in [-0.05, 0) is 30.9 Å². The quantitative estimate of drug-likeness (QED) is 0.640. The summed E-state index contributed by atoms with van der Waals surface area (Å²) in [5.41, 5.74) is 4.85. The summed E-state index contributed by atoms with van der Waals surface area (Å²) in [6.07, 6.45) is 1.78. The van der Waals surface area contributed by atoms with Crippen LogP contribution in [0.5, 0.6) is 0 Å². The Morgan fingerprint density at radius 2 is 1.96 bits per heavy atom. The maximum absolute atomic E-state index is 12.9. The third kappa shape index (κ3) is 0.905. The fourth-order valence-electron chi connectivity index (χ4n) is 7.48. The van der Waals surface area contributed by atoms with Gasteiger partial charge in [0.1, 0.15) is 11.9 Å². The summed E-state index contributed by atoms with van der Waals surface area (Å²) >= 11 is 0. The van der Waals surface area contributed by atoms with E-state index in [-0.39, 0.29) is 48.0 Å². The van der Waals surface area contributed by atoms with E-state index in [9.17, 15) is 9.59 Å². The number of esters is 1. The van der Waals surface area contributed by atoms with E-state index >= 15 is 0 Å². The van der Waals surface area contributed by atoms with Crippen LogP contribution in [-0.2, 0) is 19.1 Å². The smallest absolute Gasteiger partial charge is 0.313 e. The lowest BCUT2D eigenvalue weighted by molar-refractivity contribution is -0.220. The molecule has 0 radical (unpaired) electrons. The zero-order valence-corrected chi connectivity index (χ0v) is 13.2. The minimum absolute atomic E-state index is 0.00597. The Morgan fingerprint density at radius 3 is 2.78 bits per heavy atom. The fourth-order valence-corrected chi connectivity index (χ4v) is 7.48. The van der Waals surface area contributed by atoms with Crippen LogP contribution in [0.3, 0.4) is 0 Å². The van der Waals surface area contributed by atoms with Gasteiger partial charge in [-0.25, -0.2) is 0 Å². The Kier molecular flexibility index (Phi) is 1.61. The van der Waals surface area contributed by atoms with Gasteiger partial charge in [-0.3, -0.25) is 9.59 Å². The monoisotopic (exact) mass is 310 g/mol. The SMILES string of the molecule is CC1=C2C3=C(CC[C@]45C(=O)O[C@@H]6[C@H]([C@@H]34)[C@H]2O[C@H]6C5C)[C@H]2C(=O)[C@@H]12. The molecule has 8 rings (SSSR count). The van der Waals surface area contributed by atoms with Crippen LogP contribution < -0.4 is 0 Å². The van der Waals surface area contributed by atoms with Gasteiger partial charge in [-0.15, -0.1) is 0 Å². The first-order chi connectivity index (χ1) is 11.1. The molecule has 9 atom stereocenters. The van der Waals surface area contributed by atoms with Crippen LogP contribution in [0.2, 0.25) is 0 Å². The summed E-state index contributed by atoms with van der Waals surface area (Å²) in [6, 6.07) is 0. The first-order valence-electron chi connectivity index (χ1n) is 8.91. The standard InChI is InChI=1S/C19H18O4/c1-5-8-11(14(8)20)7-3-4-19-6(2)15-17(23-18(19)21)12-13(19)10(7)9(5)16(12)22-15/h6,8,11-13,15-17H,3-4H2,1-2H3/t6?,8-,11+,12+,13+,15-,16-,17+,19+/m0/s1. The van der Waals surface area contributed by atoms with Crippen LogP contribution in [-0.4, -0.2) is 30.1 Å². The average molecular weight is 310 g/mol. The van der Waals surface area contributed by atoms with Gasteiger partial charge in [0.05, 0.1) is 29.5 Å². The number of hydrogen-bond donors (Lipinski definition) is 0. The Hall–Kier alpha value is -1.42. The second-order valence-corrected chi connectivity index (χ2v) is 8.67. The molecular formula is C19H18O4. The Balaban J connectivity index is 1.60. The van der Waals surface area contributed by atoms with Crippen molar-refractivity contribution in [3.05, 3.63) is 22.3 Å². The van der Waals surface area contributed by atoms with Crippen molar-refractivity contribution < 1.29 is 19.1 Å². The van der Waals surface area contributed by atoms with Crippen molar-refractivity contribution in [2.45, 2.75) is 45.0 Å². The van der Waals surface area contributed by atoms with E-state index in [1.807, 2.05) is 0 Å². The third-order valence-corrected chi connectivity index (χ3v) is 8.37. The molecule has 0 aromatic rings. The van der Waals surface area contributed by atoms with Crippen LogP contribution in [0.4, 0.5) is 0 Å². The van der Waals surface area contributed by atoms with E-state index in [2.05, 4.69) is 13.8 Å². The van der Waals surface area contributed by atoms with E-state index in [1.165, 1.54) is 22.3 Å². The van der Waals surface area contributed by atoms with E-state index in [4.69, 9.17) is 9.47 Å². The Morgan fingerprint density at radius 1 is 1.13 bits per heavy atom. The molecule has 0 N–H and O–H groups in total. The van der Waals surface area contributed by atoms with E-state index < -0.39 is 5.41 Å². The minimum Gasteiger partial charge on any atom is -0.459 e. The summed E-state index contributed by atoms with van der Waals surface area (Å²) in [7, 11) is 0. The zero-order valence-electron chi connectivity index (χ0n) is 13.2. The summed E-state index contributed by atoms with van der Waals surface area (Å²) < 4.78 is 12.3. The number of ketones is 1.